The first-order chi connectivity index (χ1) is 12.0. The van der Waals surface area contributed by atoms with Crippen LogP contribution in [0.5, 0.6) is 0 Å². The smallest absolute Gasteiger partial charge is 0.191 e. The molecule has 2 unspecified atom stereocenters. The van der Waals surface area contributed by atoms with E-state index in [1.54, 1.807) is 6.26 Å². The van der Waals surface area contributed by atoms with E-state index < -0.39 is 0 Å². The lowest BCUT2D eigenvalue weighted by Crippen LogP contribution is -2.40. The molecule has 1 aromatic heterocycles. The summed E-state index contributed by atoms with van der Waals surface area (Å²) in [5.41, 5.74) is 0. The number of guanidine groups is 1. The maximum atomic E-state index is 5.80. The Morgan fingerprint density at radius 1 is 1.27 bits per heavy atom. The third-order valence-corrected chi connectivity index (χ3v) is 4.11. The van der Waals surface area contributed by atoms with E-state index in [2.05, 4.69) is 36.3 Å². The molecule has 0 saturated heterocycles. The molecular formula is C19H37IN4O2. The number of ether oxygens (including phenoxy) is 1. The maximum absolute atomic E-state index is 5.80. The van der Waals surface area contributed by atoms with Crippen LogP contribution < -0.4 is 10.6 Å². The molecule has 0 aromatic carbocycles. The predicted molar refractivity (Wildman–Crippen MR) is 119 cm³/mol. The quantitative estimate of drug-likeness (QED) is 0.289. The largest absolute Gasteiger partial charge is 0.468 e. The number of furan rings is 1. The topological polar surface area (TPSA) is 62.0 Å². The Morgan fingerprint density at radius 2 is 2.00 bits per heavy atom. The lowest BCUT2D eigenvalue weighted by atomic mass is 10.0. The van der Waals surface area contributed by atoms with Gasteiger partial charge in [0, 0.05) is 19.7 Å². The van der Waals surface area contributed by atoms with Crippen molar-refractivity contribution in [2.75, 3.05) is 40.3 Å². The van der Waals surface area contributed by atoms with Gasteiger partial charge in [-0.25, -0.2) is 0 Å². The third-order valence-electron chi connectivity index (χ3n) is 4.11. The molecule has 0 saturated carbocycles. The third kappa shape index (κ3) is 9.23. The highest BCUT2D eigenvalue weighted by molar-refractivity contribution is 14.0. The zero-order chi connectivity index (χ0) is 18.7. The Balaban J connectivity index is 0.00000625. The summed E-state index contributed by atoms with van der Waals surface area (Å²) in [6.07, 6.45) is 2.95. The molecule has 0 amide bonds. The van der Waals surface area contributed by atoms with Crippen molar-refractivity contribution in [3.63, 3.8) is 0 Å². The molecule has 26 heavy (non-hydrogen) atoms. The van der Waals surface area contributed by atoms with Gasteiger partial charge in [0.05, 0.1) is 25.0 Å². The molecule has 2 N–H and O–H groups in total. The Labute approximate surface area is 176 Å². The van der Waals surface area contributed by atoms with Gasteiger partial charge < -0.3 is 19.8 Å². The van der Waals surface area contributed by atoms with Crippen molar-refractivity contribution in [3.8, 4) is 0 Å². The van der Waals surface area contributed by atoms with Crippen molar-refractivity contribution in [1.82, 2.24) is 15.5 Å². The summed E-state index contributed by atoms with van der Waals surface area (Å²) in [5, 5.41) is 6.72. The molecule has 7 heteroatoms. The van der Waals surface area contributed by atoms with Gasteiger partial charge in [-0.05, 0) is 52.4 Å². The zero-order valence-corrected chi connectivity index (χ0v) is 19.4. The van der Waals surface area contributed by atoms with E-state index in [1.165, 1.54) is 0 Å². The molecule has 0 spiro atoms. The summed E-state index contributed by atoms with van der Waals surface area (Å²) in [5.74, 6) is 2.28. The summed E-state index contributed by atoms with van der Waals surface area (Å²) >= 11 is 0. The van der Waals surface area contributed by atoms with E-state index in [4.69, 9.17) is 14.1 Å². The lowest BCUT2D eigenvalue weighted by molar-refractivity contribution is 0.0258. The normalized spacial score (nSPS) is 14.2. The molecule has 0 radical (unpaired) electrons. The minimum absolute atomic E-state index is 0. The molecule has 6 nitrogen and oxygen atoms in total. The minimum Gasteiger partial charge on any atom is -0.468 e. The van der Waals surface area contributed by atoms with E-state index in [-0.39, 0.29) is 36.1 Å². The number of nitrogens with one attached hydrogen (secondary N) is 2. The van der Waals surface area contributed by atoms with Gasteiger partial charge in [0.1, 0.15) is 5.76 Å². The molecule has 0 aliphatic carbocycles. The molecule has 152 valence electrons. The molecule has 1 aromatic rings. The van der Waals surface area contributed by atoms with Crippen molar-refractivity contribution in [3.05, 3.63) is 24.2 Å². The number of likely N-dealkylation sites (N-methyl/N-ethyl adjacent to an activating group) is 1. The highest BCUT2D eigenvalue weighted by Gasteiger charge is 2.17. The second kappa shape index (κ2) is 14.3. The molecule has 1 heterocycles. The van der Waals surface area contributed by atoms with Gasteiger partial charge >= 0.3 is 0 Å². The van der Waals surface area contributed by atoms with Gasteiger partial charge in [0.2, 0.25) is 0 Å². The average Bonchev–Trinajstić information content (AvgIpc) is 3.07. The van der Waals surface area contributed by atoms with Crippen LogP contribution in [0, 0.1) is 5.92 Å². The predicted octanol–water partition coefficient (Wildman–Crippen LogP) is 3.51. The maximum Gasteiger partial charge on any atom is 0.191 e. The average molecular weight is 480 g/mol. The van der Waals surface area contributed by atoms with Crippen molar-refractivity contribution < 1.29 is 9.15 Å². The minimum atomic E-state index is 0. The Hall–Kier alpha value is -0.800. The number of halogens is 1. The highest BCUT2D eigenvalue weighted by atomic mass is 127. The summed E-state index contributed by atoms with van der Waals surface area (Å²) in [7, 11) is 4.08. The summed E-state index contributed by atoms with van der Waals surface area (Å²) in [6.45, 7) is 11.6. The van der Waals surface area contributed by atoms with E-state index in [0.717, 1.165) is 37.8 Å². The van der Waals surface area contributed by atoms with Crippen molar-refractivity contribution in [1.29, 1.82) is 0 Å². The van der Waals surface area contributed by atoms with Gasteiger partial charge in [0.25, 0.3) is 0 Å². The number of hydrogen-bond donors (Lipinski definition) is 2. The number of hydrogen-bond acceptors (Lipinski definition) is 4. The molecular weight excluding hydrogens is 443 g/mol. The van der Waals surface area contributed by atoms with E-state index in [1.807, 2.05) is 33.2 Å². The monoisotopic (exact) mass is 480 g/mol. The first-order valence-corrected chi connectivity index (χ1v) is 9.33. The molecule has 0 bridgehead atoms. The molecule has 0 aliphatic heterocycles. The standard InChI is InChI=1S/C19H36N4O2.HI/c1-7-20-19(21-12-11-17(15(3)4)24-8-2)22-14-16(23(5)6)18-10-9-13-25-18;/h9-10,13,15-17H,7-8,11-12,14H2,1-6H3,(H2,20,21,22);1H. The van der Waals surface area contributed by atoms with Crippen LogP contribution in [0.3, 0.4) is 0 Å². The number of nitrogens with zero attached hydrogens (tertiary/aromatic N) is 2. The first-order valence-electron chi connectivity index (χ1n) is 9.33. The molecule has 1 rings (SSSR count). The van der Waals surface area contributed by atoms with Crippen LogP contribution in [-0.2, 0) is 4.74 Å². The van der Waals surface area contributed by atoms with Gasteiger partial charge in [-0.3, -0.25) is 9.89 Å². The summed E-state index contributed by atoms with van der Waals surface area (Å²) in [6, 6.07) is 4.03. The van der Waals surface area contributed by atoms with Gasteiger partial charge in [-0.15, -0.1) is 24.0 Å². The fourth-order valence-corrected chi connectivity index (χ4v) is 2.66. The van der Waals surface area contributed by atoms with Crippen LogP contribution in [-0.4, -0.2) is 57.3 Å². The Bertz CT molecular complexity index is 478. The Kier molecular flexibility index (Phi) is 13.8. The van der Waals surface area contributed by atoms with Crippen molar-refractivity contribution in [2.45, 2.75) is 46.3 Å². The van der Waals surface area contributed by atoms with Crippen molar-refractivity contribution in [2.24, 2.45) is 10.9 Å². The van der Waals surface area contributed by atoms with Crippen LogP contribution >= 0.6 is 24.0 Å². The molecule has 0 fully saturated rings. The summed E-state index contributed by atoms with van der Waals surface area (Å²) in [4.78, 5) is 6.85. The molecule has 0 aliphatic rings. The Morgan fingerprint density at radius 3 is 2.50 bits per heavy atom. The van der Waals surface area contributed by atoms with Crippen LogP contribution in [0.15, 0.2) is 27.8 Å². The van der Waals surface area contributed by atoms with E-state index in [9.17, 15) is 0 Å². The zero-order valence-electron chi connectivity index (χ0n) is 17.1. The van der Waals surface area contributed by atoms with Crippen LogP contribution in [0.25, 0.3) is 0 Å². The van der Waals surface area contributed by atoms with E-state index in [0.29, 0.717) is 12.5 Å². The van der Waals surface area contributed by atoms with Crippen molar-refractivity contribution >= 4 is 29.9 Å². The fourth-order valence-electron chi connectivity index (χ4n) is 2.66. The van der Waals surface area contributed by atoms with Crippen LogP contribution in [0.2, 0.25) is 0 Å². The highest BCUT2D eigenvalue weighted by Crippen LogP contribution is 2.18. The van der Waals surface area contributed by atoms with Gasteiger partial charge in [-0.2, -0.15) is 0 Å². The summed E-state index contributed by atoms with van der Waals surface area (Å²) < 4.78 is 11.4. The van der Waals surface area contributed by atoms with Crippen LogP contribution in [0.1, 0.15) is 45.9 Å². The lowest BCUT2D eigenvalue weighted by Gasteiger charge is -2.23. The first kappa shape index (κ1) is 25.2. The van der Waals surface area contributed by atoms with Crippen LogP contribution in [0.4, 0.5) is 0 Å². The van der Waals surface area contributed by atoms with Gasteiger partial charge in [-0.1, -0.05) is 13.8 Å². The number of aliphatic imine (C=N–C) groups is 1. The SMILES string of the molecule is CCNC(=NCC(c1ccco1)N(C)C)NCCC(OCC)C(C)C.I. The second-order valence-corrected chi connectivity index (χ2v) is 6.67. The van der Waals surface area contributed by atoms with Gasteiger partial charge in [0.15, 0.2) is 5.96 Å². The second-order valence-electron chi connectivity index (χ2n) is 6.67. The molecule has 2 atom stereocenters. The fraction of sp³-hybridized carbons (Fsp3) is 0.737. The number of rotatable bonds is 11. The van der Waals surface area contributed by atoms with E-state index >= 15 is 0 Å².